The monoisotopic (exact) mass is 303 g/mol. The van der Waals surface area contributed by atoms with Gasteiger partial charge in [0.1, 0.15) is 0 Å². The van der Waals surface area contributed by atoms with Crippen LogP contribution < -0.4 is 5.32 Å². The molecule has 0 aliphatic rings. The van der Waals surface area contributed by atoms with Gasteiger partial charge in [-0.2, -0.15) is 0 Å². The first-order valence-electron chi connectivity index (χ1n) is 7.40. The Morgan fingerprint density at radius 2 is 1.61 bits per heavy atom. The van der Waals surface area contributed by atoms with Gasteiger partial charge in [0, 0.05) is 11.4 Å². The molecule has 0 aliphatic carbocycles. The predicted octanol–water partition coefficient (Wildman–Crippen LogP) is 5.10. The topological polar surface area (TPSA) is 49.3 Å². The molecule has 0 spiro atoms. The van der Waals surface area contributed by atoms with Gasteiger partial charge in [-0.25, -0.2) is 4.79 Å². The van der Waals surface area contributed by atoms with Crippen molar-refractivity contribution < 1.29 is 9.90 Å². The lowest BCUT2D eigenvalue weighted by molar-refractivity contribution is 0.0697. The van der Waals surface area contributed by atoms with Gasteiger partial charge in [0.05, 0.1) is 5.56 Å². The number of nitrogens with one attached hydrogen (secondary N) is 1. The number of aryl methyl sites for hydroxylation is 1. The third-order valence-electron chi connectivity index (χ3n) is 3.73. The van der Waals surface area contributed by atoms with E-state index in [1.54, 1.807) is 18.2 Å². The molecule has 23 heavy (non-hydrogen) atoms. The van der Waals surface area contributed by atoms with Gasteiger partial charge in [0.15, 0.2) is 0 Å². The number of hydrogen-bond acceptors (Lipinski definition) is 2. The van der Waals surface area contributed by atoms with Crippen LogP contribution in [0, 0.1) is 6.92 Å². The molecular formula is C20H17NO2. The number of rotatable bonds is 4. The van der Waals surface area contributed by atoms with E-state index in [0.29, 0.717) is 5.56 Å². The molecule has 3 aromatic carbocycles. The highest BCUT2D eigenvalue weighted by atomic mass is 16.4. The Balaban J connectivity index is 1.97. The smallest absolute Gasteiger partial charge is 0.335 e. The van der Waals surface area contributed by atoms with E-state index < -0.39 is 5.97 Å². The van der Waals surface area contributed by atoms with Crippen molar-refractivity contribution in [3.05, 3.63) is 83.9 Å². The summed E-state index contributed by atoms with van der Waals surface area (Å²) in [5, 5.41) is 12.5. The summed E-state index contributed by atoms with van der Waals surface area (Å²) in [4.78, 5) is 11.1. The molecule has 2 N–H and O–H groups in total. The van der Waals surface area contributed by atoms with Gasteiger partial charge in [0.25, 0.3) is 0 Å². The van der Waals surface area contributed by atoms with E-state index in [-0.39, 0.29) is 0 Å². The maximum absolute atomic E-state index is 11.1. The van der Waals surface area contributed by atoms with E-state index in [4.69, 9.17) is 5.11 Å². The lowest BCUT2D eigenvalue weighted by Crippen LogP contribution is -1.96. The molecule has 114 valence electrons. The first kappa shape index (κ1) is 14.9. The molecule has 0 saturated carbocycles. The summed E-state index contributed by atoms with van der Waals surface area (Å²) >= 11 is 0. The van der Waals surface area contributed by atoms with Crippen molar-refractivity contribution in [3.63, 3.8) is 0 Å². The van der Waals surface area contributed by atoms with Crippen LogP contribution in [0.5, 0.6) is 0 Å². The molecule has 0 aliphatic heterocycles. The summed E-state index contributed by atoms with van der Waals surface area (Å²) in [7, 11) is 0. The van der Waals surface area contributed by atoms with E-state index >= 15 is 0 Å². The summed E-state index contributed by atoms with van der Waals surface area (Å²) in [5.74, 6) is -0.915. The number of carboxylic acids is 1. The minimum atomic E-state index is -0.915. The van der Waals surface area contributed by atoms with Gasteiger partial charge in [-0.3, -0.25) is 0 Å². The van der Waals surface area contributed by atoms with Gasteiger partial charge in [-0.05, 0) is 53.9 Å². The van der Waals surface area contributed by atoms with Gasteiger partial charge in [-0.15, -0.1) is 0 Å². The lowest BCUT2D eigenvalue weighted by Gasteiger charge is -2.12. The van der Waals surface area contributed by atoms with Crippen LogP contribution in [0.1, 0.15) is 15.9 Å². The minimum Gasteiger partial charge on any atom is -0.478 e. The third-order valence-corrected chi connectivity index (χ3v) is 3.73. The molecule has 0 aromatic heterocycles. The molecule has 0 atom stereocenters. The average Bonchev–Trinajstić information content (AvgIpc) is 2.58. The Morgan fingerprint density at radius 3 is 2.35 bits per heavy atom. The summed E-state index contributed by atoms with van der Waals surface area (Å²) in [6, 6.07) is 23.0. The standard InChI is InChI=1S/C20H17NO2/c1-14-10-11-16(15-6-5-7-17(12-15)20(22)23)13-19(14)21-18-8-3-2-4-9-18/h2-13,21H,1H3,(H,22,23). The second-order valence-corrected chi connectivity index (χ2v) is 5.41. The molecule has 0 bridgehead atoms. The van der Waals surface area contributed by atoms with Crippen molar-refractivity contribution in [2.45, 2.75) is 6.92 Å². The number of benzene rings is 3. The number of para-hydroxylation sites is 1. The second-order valence-electron chi connectivity index (χ2n) is 5.41. The molecule has 0 heterocycles. The van der Waals surface area contributed by atoms with Crippen LogP contribution in [0.25, 0.3) is 11.1 Å². The fourth-order valence-electron chi connectivity index (χ4n) is 2.45. The van der Waals surface area contributed by atoms with Gasteiger partial charge in [-0.1, -0.05) is 42.5 Å². The van der Waals surface area contributed by atoms with Crippen LogP contribution >= 0.6 is 0 Å². The number of carboxylic acid groups (broad SMARTS) is 1. The Morgan fingerprint density at radius 1 is 0.870 bits per heavy atom. The van der Waals surface area contributed by atoms with Crippen molar-refractivity contribution >= 4 is 17.3 Å². The molecule has 0 fully saturated rings. The minimum absolute atomic E-state index is 0.292. The zero-order valence-electron chi connectivity index (χ0n) is 12.8. The number of carbonyl (C=O) groups is 1. The molecule has 3 nitrogen and oxygen atoms in total. The molecule has 0 saturated heterocycles. The number of aromatic carboxylic acids is 1. The fourth-order valence-corrected chi connectivity index (χ4v) is 2.45. The van der Waals surface area contributed by atoms with E-state index in [1.165, 1.54) is 0 Å². The van der Waals surface area contributed by atoms with E-state index in [0.717, 1.165) is 28.1 Å². The summed E-state index contributed by atoms with van der Waals surface area (Å²) in [6.07, 6.45) is 0. The van der Waals surface area contributed by atoms with Crippen LogP contribution in [-0.2, 0) is 0 Å². The van der Waals surface area contributed by atoms with Crippen molar-refractivity contribution in [2.24, 2.45) is 0 Å². The lowest BCUT2D eigenvalue weighted by atomic mass is 10.0. The van der Waals surface area contributed by atoms with Crippen molar-refractivity contribution in [3.8, 4) is 11.1 Å². The van der Waals surface area contributed by atoms with E-state index in [1.807, 2.05) is 61.5 Å². The largest absolute Gasteiger partial charge is 0.478 e. The maximum atomic E-state index is 11.1. The van der Waals surface area contributed by atoms with Crippen LogP contribution in [-0.4, -0.2) is 11.1 Å². The van der Waals surface area contributed by atoms with Gasteiger partial charge in [0.2, 0.25) is 0 Å². The quantitative estimate of drug-likeness (QED) is 0.704. The predicted molar refractivity (Wildman–Crippen MR) is 93.3 cm³/mol. The highest BCUT2D eigenvalue weighted by Crippen LogP contribution is 2.28. The Kier molecular flexibility index (Phi) is 4.11. The third kappa shape index (κ3) is 3.40. The zero-order valence-corrected chi connectivity index (χ0v) is 12.8. The molecule has 0 unspecified atom stereocenters. The van der Waals surface area contributed by atoms with Crippen LogP contribution in [0.15, 0.2) is 72.8 Å². The van der Waals surface area contributed by atoms with Crippen molar-refractivity contribution in [2.75, 3.05) is 5.32 Å². The second kappa shape index (κ2) is 6.36. The van der Waals surface area contributed by atoms with Gasteiger partial charge >= 0.3 is 5.97 Å². The number of hydrogen-bond donors (Lipinski definition) is 2. The average molecular weight is 303 g/mol. The summed E-state index contributed by atoms with van der Waals surface area (Å²) < 4.78 is 0. The van der Waals surface area contributed by atoms with E-state index in [9.17, 15) is 4.79 Å². The van der Waals surface area contributed by atoms with E-state index in [2.05, 4.69) is 5.32 Å². The molecule has 0 amide bonds. The normalized spacial score (nSPS) is 10.3. The first-order chi connectivity index (χ1) is 11.1. The Bertz CT molecular complexity index is 841. The van der Waals surface area contributed by atoms with Crippen LogP contribution in [0.4, 0.5) is 11.4 Å². The van der Waals surface area contributed by atoms with Gasteiger partial charge < -0.3 is 10.4 Å². The zero-order chi connectivity index (χ0) is 16.2. The van der Waals surface area contributed by atoms with Crippen LogP contribution in [0.2, 0.25) is 0 Å². The molecule has 3 rings (SSSR count). The maximum Gasteiger partial charge on any atom is 0.335 e. The number of anilines is 2. The first-order valence-corrected chi connectivity index (χ1v) is 7.40. The Labute approximate surface area is 135 Å². The molecular weight excluding hydrogens is 286 g/mol. The highest BCUT2D eigenvalue weighted by molar-refractivity contribution is 5.89. The highest BCUT2D eigenvalue weighted by Gasteiger charge is 2.07. The molecule has 0 radical (unpaired) electrons. The summed E-state index contributed by atoms with van der Waals surface area (Å²) in [6.45, 7) is 2.04. The van der Waals surface area contributed by atoms with Crippen molar-refractivity contribution in [1.29, 1.82) is 0 Å². The summed E-state index contributed by atoms with van der Waals surface area (Å²) in [5.41, 5.74) is 5.33. The molecule has 3 aromatic rings. The fraction of sp³-hybridized carbons (Fsp3) is 0.0500. The van der Waals surface area contributed by atoms with Crippen LogP contribution in [0.3, 0.4) is 0 Å². The molecule has 3 heteroatoms. The Hall–Kier alpha value is -3.07. The SMILES string of the molecule is Cc1ccc(-c2cccc(C(=O)O)c2)cc1Nc1ccccc1. The van der Waals surface area contributed by atoms with Crippen molar-refractivity contribution in [1.82, 2.24) is 0 Å².